The van der Waals surface area contributed by atoms with E-state index in [1.54, 1.807) is 0 Å². The van der Waals surface area contributed by atoms with Crippen molar-refractivity contribution in [2.75, 3.05) is 11.4 Å². The fourth-order valence-corrected chi connectivity index (χ4v) is 4.03. The summed E-state index contributed by atoms with van der Waals surface area (Å²) < 4.78 is 43.3. The zero-order valence-electron chi connectivity index (χ0n) is 16.0. The van der Waals surface area contributed by atoms with Crippen LogP contribution in [-0.2, 0) is 6.42 Å². The molecular formula is C23H15ClF3NO3. The Morgan fingerprint density at radius 3 is 2.48 bits per heavy atom. The summed E-state index contributed by atoms with van der Waals surface area (Å²) in [7, 11) is 0. The third kappa shape index (κ3) is 3.65. The first kappa shape index (κ1) is 20.9. The average molecular weight is 446 g/mol. The van der Waals surface area contributed by atoms with Crippen LogP contribution in [0.2, 0.25) is 5.02 Å². The third-order valence-corrected chi connectivity index (χ3v) is 5.55. The molecule has 1 aliphatic heterocycles. The number of hydrogen-bond donors (Lipinski definition) is 1. The van der Waals surface area contributed by atoms with Gasteiger partial charge in [0.05, 0.1) is 21.7 Å². The van der Waals surface area contributed by atoms with Gasteiger partial charge < -0.3 is 10.0 Å². The van der Waals surface area contributed by atoms with Crippen molar-refractivity contribution in [3.63, 3.8) is 0 Å². The number of halogens is 4. The average Bonchev–Trinajstić information content (AvgIpc) is 2.72. The number of carboxylic acid groups (broad SMARTS) is 1. The molecule has 3 aromatic rings. The molecule has 0 atom stereocenters. The van der Waals surface area contributed by atoms with Gasteiger partial charge in [0.25, 0.3) is 5.91 Å². The minimum Gasteiger partial charge on any atom is -0.478 e. The summed E-state index contributed by atoms with van der Waals surface area (Å²) in [5.74, 6) is -4.92. The van der Waals surface area contributed by atoms with E-state index in [2.05, 4.69) is 0 Å². The molecule has 0 saturated carbocycles. The maximum atomic E-state index is 14.7. The van der Waals surface area contributed by atoms with Crippen molar-refractivity contribution >= 4 is 29.2 Å². The molecule has 1 heterocycles. The largest absolute Gasteiger partial charge is 0.478 e. The molecule has 0 aliphatic carbocycles. The number of carboxylic acids is 1. The van der Waals surface area contributed by atoms with Crippen LogP contribution in [0.4, 0.5) is 18.9 Å². The van der Waals surface area contributed by atoms with E-state index in [0.29, 0.717) is 30.6 Å². The number of carbonyl (C=O) groups excluding carboxylic acids is 1. The first-order chi connectivity index (χ1) is 14.8. The van der Waals surface area contributed by atoms with Crippen molar-refractivity contribution in [3.8, 4) is 11.1 Å². The first-order valence-electron chi connectivity index (χ1n) is 9.40. The Hall–Kier alpha value is -3.32. The quantitative estimate of drug-likeness (QED) is 0.561. The lowest BCUT2D eigenvalue weighted by molar-refractivity contribution is 0.0691. The molecule has 0 fully saturated rings. The lowest BCUT2D eigenvalue weighted by atomic mass is 9.94. The van der Waals surface area contributed by atoms with E-state index >= 15 is 0 Å². The van der Waals surface area contributed by atoms with Crippen molar-refractivity contribution in [1.29, 1.82) is 0 Å². The van der Waals surface area contributed by atoms with Crippen LogP contribution in [-0.4, -0.2) is 23.5 Å². The predicted molar refractivity (Wildman–Crippen MR) is 110 cm³/mol. The summed E-state index contributed by atoms with van der Waals surface area (Å²) in [6.45, 7) is 0.326. The smallest absolute Gasteiger partial charge is 0.338 e. The molecule has 0 bridgehead atoms. The van der Waals surface area contributed by atoms with Gasteiger partial charge in [-0.25, -0.2) is 18.0 Å². The van der Waals surface area contributed by atoms with Crippen molar-refractivity contribution in [2.45, 2.75) is 12.8 Å². The summed E-state index contributed by atoms with van der Waals surface area (Å²) in [6, 6.07) is 10.2. The minimum atomic E-state index is -1.50. The number of hydrogen-bond acceptors (Lipinski definition) is 2. The Balaban J connectivity index is 1.78. The van der Waals surface area contributed by atoms with Gasteiger partial charge in [-0.1, -0.05) is 23.7 Å². The highest BCUT2D eigenvalue weighted by Crippen LogP contribution is 2.36. The molecule has 0 aromatic heterocycles. The molecule has 1 aliphatic rings. The Kier molecular flexibility index (Phi) is 5.45. The maximum absolute atomic E-state index is 14.7. The number of rotatable bonds is 3. The van der Waals surface area contributed by atoms with Crippen LogP contribution >= 0.6 is 11.6 Å². The van der Waals surface area contributed by atoms with Crippen LogP contribution in [0.1, 0.15) is 32.7 Å². The molecule has 8 heteroatoms. The van der Waals surface area contributed by atoms with Crippen LogP contribution in [0, 0.1) is 17.5 Å². The normalized spacial score (nSPS) is 13.1. The molecule has 1 amide bonds. The zero-order valence-corrected chi connectivity index (χ0v) is 16.7. The third-order valence-electron chi connectivity index (χ3n) is 5.23. The molecule has 31 heavy (non-hydrogen) atoms. The van der Waals surface area contributed by atoms with Crippen molar-refractivity contribution in [3.05, 3.63) is 87.7 Å². The van der Waals surface area contributed by atoms with Crippen LogP contribution < -0.4 is 4.90 Å². The van der Waals surface area contributed by atoms with Crippen molar-refractivity contribution in [2.24, 2.45) is 0 Å². The first-order valence-corrected chi connectivity index (χ1v) is 9.78. The molecule has 0 spiro atoms. The fourth-order valence-electron chi connectivity index (χ4n) is 3.78. The Labute approximate surface area is 180 Å². The molecule has 0 saturated heterocycles. The summed E-state index contributed by atoms with van der Waals surface area (Å²) in [5, 5.41) is 9.11. The highest BCUT2D eigenvalue weighted by molar-refractivity contribution is 6.34. The summed E-state index contributed by atoms with van der Waals surface area (Å²) in [5.41, 5.74) is -0.0792. The lowest BCUT2D eigenvalue weighted by Crippen LogP contribution is -2.36. The van der Waals surface area contributed by atoms with Gasteiger partial charge >= 0.3 is 5.97 Å². The van der Waals surface area contributed by atoms with Gasteiger partial charge in [0.1, 0.15) is 17.5 Å². The molecule has 1 N–H and O–H groups in total. The van der Waals surface area contributed by atoms with Crippen LogP contribution in [0.3, 0.4) is 0 Å². The second-order valence-corrected chi connectivity index (χ2v) is 7.50. The van der Waals surface area contributed by atoms with Gasteiger partial charge in [-0.2, -0.15) is 0 Å². The number of amides is 1. The van der Waals surface area contributed by atoms with Gasteiger partial charge in [-0.15, -0.1) is 0 Å². The van der Waals surface area contributed by atoms with Gasteiger partial charge in [-0.05, 0) is 60.4 Å². The molecular weight excluding hydrogens is 431 g/mol. The number of anilines is 1. The monoisotopic (exact) mass is 445 g/mol. The molecule has 158 valence electrons. The highest BCUT2D eigenvalue weighted by Gasteiger charge is 2.28. The van der Waals surface area contributed by atoms with Crippen molar-refractivity contribution in [1.82, 2.24) is 0 Å². The van der Waals surface area contributed by atoms with E-state index in [-0.39, 0.29) is 16.1 Å². The summed E-state index contributed by atoms with van der Waals surface area (Å²) in [4.78, 5) is 25.6. The SMILES string of the molecule is O=C(O)c1ccc(F)c(-c2ccc3c(c2)CCCN3C(=O)c2c(F)cccc2Cl)c1F. The maximum Gasteiger partial charge on any atom is 0.338 e. The predicted octanol–water partition coefficient (Wildman–Crippen LogP) is 5.72. The number of carbonyl (C=O) groups is 2. The van der Waals surface area contributed by atoms with Crippen molar-refractivity contribution < 1.29 is 27.9 Å². The van der Waals surface area contributed by atoms with Crippen LogP contribution in [0.25, 0.3) is 11.1 Å². The van der Waals surface area contributed by atoms with E-state index < -0.39 is 40.5 Å². The standard InChI is InChI=1S/C23H15ClF3NO3/c24-15-4-1-5-16(25)20(15)22(29)28-10-2-3-12-11-13(6-9-18(12)28)19-17(26)8-7-14(21(19)27)23(30)31/h1,4-9,11H,2-3,10H2,(H,30,31). The van der Waals surface area contributed by atoms with Gasteiger partial charge in [0.2, 0.25) is 0 Å². The molecule has 4 nitrogen and oxygen atoms in total. The van der Waals surface area contributed by atoms with E-state index in [9.17, 15) is 22.8 Å². The number of nitrogens with zero attached hydrogens (tertiary/aromatic N) is 1. The minimum absolute atomic E-state index is 0.0108. The van der Waals surface area contributed by atoms with Gasteiger partial charge in [0.15, 0.2) is 0 Å². The number of aryl methyl sites for hydroxylation is 1. The summed E-state index contributed by atoms with van der Waals surface area (Å²) in [6.07, 6.45) is 1.08. The Bertz CT molecular complexity index is 1210. The topological polar surface area (TPSA) is 57.6 Å². The van der Waals surface area contributed by atoms with Crippen LogP contribution in [0.5, 0.6) is 0 Å². The fraction of sp³-hybridized carbons (Fsp3) is 0.130. The summed E-state index contributed by atoms with van der Waals surface area (Å²) >= 11 is 6.03. The van der Waals surface area contributed by atoms with Crippen LogP contribution in [0.15, 0.2) is 48.5 Å². The molecule has 0 radical (unpaired) electrons. The van der Waals surface area contributed by atoms with Gasteiger partial charge in [-0.3, -0.25) is 4.79 Å². The number of aromatic carboxylic acids is 1. The number of benzene rings is 3. The zero-order chi connectivity index (χ0) is 22.3. The lowest BCUT2D eigenvalue weighted by Gasteiger charge is -2.30. The van der Waals surface area contributed by atoms with Gasteiger partial charge in [0, 0.05) is 12.2 Å². The molecule has 0 unspecified atom stereocenters. The molecule has 4 rings (SSSR count). The van der Waals surface area contributed by atoms with E-state index in [1.807, 2.05) is 0 Å². The Morgan fingerprint density at radius 2 is 1.77 bits per heavy atom. The second kappa shape index (κ2) is 8.07. The highest BCUT2D eigenvalue weighted by atomic mass is 35.5. The molecule has 3 aromatic carbocycles. The number of fused-ring (bicyclic) bond motifs is 1. The van der Waals surface area contributed by atoms with E-state index in [0.717, 1.165) is 18.2 Å². The van der Waals surface area contributed by atoms with E-state index in [1.165, 1.54) is 35.2 Å². The van der Waals surface area contributed by atoms with E-state index in [4.69, 9.17) is 16.7 Å². The second-order valence-electron chi connectivity index (χ2n) is 7.09. The Morgan fingerprint density at radius 1 is 1.00 bits per heavy atom.